The zero-order chi connectivity index (χ0) is 10.9. The number of nitrogens with one attached hydrogen (secondary N) is 1. The average Bonchev–Trinajstić information content (AvgIpc) is 2.16. The van der Waals surface area contributed by atoms with Gasteiger partial charge in [0.15, 0.2) is 0 Å². The van der Waals surface area contributed by atoms with Gasteiger partial charge in [0.2, 0.25) is 0 Å². The Morgan fingerprint density at radius 2 is 2.07 bits per heavy atom. The highest BCUT2D eigenvalue weighted by Crippen LogP contribution is 2.44. The van der Waals surface area contributed by atoms with Crippen molar-refractivity contribution in [3.05, 3.63) is 0 Å². The Balaban J connectivity index is 2.19. The van der Waals surface area contributed by atoms with Crippen LogP contribution in [0.25, 0.3) is 0 Å². The van der Waals surface area contributed by atoms with Crippen LogP contribution in [0.2, 0.25) is 0 Å². The Bertz CT molecular complexity index is 304. The molecule has 0 aromatic carbocycles. The summed E-state index contributed by atoms with van der Waals surface area (Å²) in [6.07, 6.45) is 3.90. The lowest BCUT2D eigenvalue weighted by Crippen LogP contribution is -2.63. The van der Waals surface area contributed by atoms with Crippen LogP contribution in [-0.2, 0) is 4.79 Å². The summed E-state index contributed by atoms with van der Waals surface area (Å²) in [5.74, 6) is -0.736. The molecule has 4 nitrogen and oxygen atoms in total. The molecule has 0 bridgehead atoms. The molecule has 1 heterocycles. The van der Waals surface area contributed by atoms with Crippen molar-refractivity contribution in [2.24, 2.45) is 17.3 Å². The molecule has 0 aromatic rings. The molecule has 1 aliphatic carbocycles. The van der Waals surface area contributed by atoms with Crippen molar-refractivity contribution in [1.82, 2.24) is 5.32 Å². The van der Waals surface area contributed by atoms with Crippen molar-refractivity contribution < 1.29 is 9.90 Å². The second-order valence-corrected chi connectivity index (χ2v) is 4.69. The second-order valence-electron chi connectivity index (χ2n) is 4.69. The van der Waals surface area contributed by atoms with Gasteiger partial charge in [0.05, 0.1) is 17.4 Å². The Hall–Kier alpha value is -1.08. The average molecular weight is 208 g/mol. The number of carboxylic acid groups (broad SMARTS) is 1. The number of hydrogen-bond acceptors (Lipinski definition) is 3. The Morgan fingerprint density at radius 1 is 1.40 bits per heavy atom. The van der Waals surface area contributed by atoms with E-state index in [1.807, 2.05) is 0 Å². The summed E-state index contributed by atoms with van der Waals surface area (Å²) in [6.45, 7) is 1.07. The first-order valence-electron chi connectivity index (χ1n) is 5.54. The minimum Gasteiger partial charge on any atom is -0.481 e. The van der Waals surface area contributed by atoms with Gasteiger partial charge in [-0.2, -0.15) is 5.26 Å². The van der Waals surface area contributed by atoms with Crippen LogP contribution in [0.3, 0.4) is 0 Å². The van der Waals surface area contributed by atoms with Gasteiger partial charge in [-0.1, -0.05) is 12.8 Å². The van der Waals surface area contributed by atoms with Crippen molar-refractivity contribution >= 4 is 5.97 Å². The van der Waals surface area contributed by atoms with E-state index in [4.69, 9.17) is 5.26 Å². The third kappa shape index (κ3) is 1.51. The normalized spacial score (nSPS) is 33.8. The van der Waals surface area contributed by atoms with E-state index in [0.717, 1.165) is 25.7 Å². The van der Waals surface area contributed by atoms with Gasteiger partial charge in [-0.15, -0.1) is 0 Å². The molecule has 15 heavy (non-hydrogen) atoms. The molecule has 0 spiro atoms. The predicted octanol–water partition coefficient (Wildman–Crippen LogP) is 0.991. The third-order valence-electron chi connectivity index (χ3n) is 3.95. The van der Waals surface area contributed by atoms with Gasteiger partial charge in [0.1, 0.15) is 0 Å². The molecule has 0 radical (unpaired) electrons. The molecule has 2 fully saturated rings. The molecule has 2 rings (SSSR count). The van der Waals surface area contributed by atoms with Crippen LogP contribution in [-0.4, -0.2) is 24.2 Å². The lowest BCUT2D eigenvalue weighted by atomic mass is 9.61. The van der Waals surface area contributed by atoms with Crippen LogP contribution < -0.4 is 5.32 Å². The fourth-order valence-corrected chi connectivity index (χ4v) is 2.91. The topological polar surface area (TPSA) is 73.1 Å². The Kier molecular flexibility index (Phi) is 2.66. The van der Waals surface area contributed by atoms with Crippen molar-refractivity contribution in [2.75, 3.05) is 13.1 Å². The number of nitriles is 1. The summed E-state index contributed by atoms with van der Waals surface area (Å²) in [7, 11) is 0. The highest BCUT2D eigenvalue weighted by Gasteiger charge is 2.53. The number of hydrogen-bond donors (Lipinski definition) is 2. The van der Waals surface area contributed by atoms with Gasteiger partial charge in [-0.05, 0) is 18.8 Å². The van der Waals surface area contributed by atoms with Crippen molar-refractivity contribution in [1.29, 1.82) is 5.26 Å². The monoisotopic (exact) mass is 208 g/mol. The molecule has 82 valence electrons. The number of aliphatic carboxylic acids is 1. The molecule has 2 N–H and O–H groups in total. The molecule has 2 atom stereocenters. The maximum atomic E-state index is 11.3. The number of carbonyl (C=O) groups is 1. The van der Waals surface area contributed by atoms with Crippen molar-refractivity contribution in [2.45, 2.75) is 25.7 Å². The van der Waals surface area contributed by atoms with E-state index in [2.05, 4.69) is 11.4 Å². The van der Waals surface area contributed by atoms with Crippen molar-refractivity contribution in [3.63, 3.8) is 0 Å². The summed E-state index contributed by atoms with van der Waals surface area (Å²) in [5.41, 5.74) is -0.652. The molecule has 2 aliphatic rings. The summed E-state index contributed by atoms with van der Waals surface area (Å²) in [4.78, 5) is 11.3. The fourth-order valence-electron chi connectivity index (χ4n) is 2.91. The molecule has 1 aliphatic heterocycles. The lowest BCUT2D eigenvalue weighted by Gasteiger charge is -2.47. The van der Waals surface area contributed by atoms with Crippen LogP contribution in [0.5, 0.6) is 0 Å². The molecule has 1 saturated heterocycles. The van der Waals surface area contributed by atoms with Crippen LogP contribution in [0.1, 0.15) is 25.7 Å². The summed E-state index contributed by atoms with van der Waals surface area (Å²) in [5, 5.41) is 21.4. The standard InChI is InChI=1S/C11H16N2O2/c12-5-8-3-1-2-4-9(8)11(10(14)15)6-13-7-11/h8-9,13H,1-4,6-7H2,(H,14,15). The van der Waals surface area contributed by atoms with Gasteiger partial charge >= 0.3 is 5.97 Å². The fraction of sp³-hybridized carbons (Fsp3) is 0.818. The zero-order valence-corrected chi connectivity index (χ0v) is 8.70. The highest BCUT2D eigenvalue weighted by molar-refractivity contribution is 5.77. The quantitative estimate of drug-likeness (QED) is 0.709. The minimum atomic E-state index is -0.728. The Morgan fingerprint density at radius 3 is 2.53 bits per heavy atom. The molecular weight excluding hydrogens is 192 g/mol. The SMILES string of the molecule is N#CC1CCCCC1C1(C(=O)O)CNC1. The molecular formula is C11H16N2O2. The van der Waals surface area contributed by atoms with Gasteiger partial charge in [-0.25, -0.2) is 0 Å². The van der Waals surface area contributed by atoms with E-state index in [-0.39, 0.29) is 11.8 Å². The molecule has 4 heteroatoms. The summed E-state index contributed by atoms with van der Waals surface area (Å²) < 4.78 is 0. The van der Waals surface area contributed by atoms with Crippen LogP contribution in [0.4, 0.5) is 0 Å². The number of nitrogens with zero attached hydrogens (tertiary/aromatic N) is 1. The lowest BCUT2D eigenvalue weighted by molar-refractivity contribution is -0.159. The molecule has 0 aromatic heterocycles. The van der Waals surface area contributed by atoms with E-state index in [1.165, 1.54) is 0 Å². The largest absolute Gasteiger partial charge is 0.481 e. The second kappa shape index (κ2) is 3.82. The Labute approximate surface area is 89.3 Å². The molecule has 2 unspecified atom stereocenters. The van der Waals surface area contributed by atoms with E-state index < -0.39 is 11.4 Å². The van der Waals surface area contributed by atoms with E-state index >= 15 is 0 Å². The van der Waals surface area contributed by atoms with Crippen molar-refractivity contribution in [3.8, 4) is 6.07 Å². The van der Waals surface area contributed by atoms with E-state index in [0.29, 0.717) is 13.1 Å². The third-order valence-corrected chi connectivity index (χ3v) is 3.95. The first-order chi connectivity index (χ1) is 7.20. The van der Waals surface area contributed by atoms with Gasteiger partial charge in [0, 0.05) is 13.1 Å². The maximum Gasteiger partial charge on any atom is 0.312 e. The van der Waals surface area contributed by atoms with Crippen LogP contribution >= 0.6 is 0 Å². The summed E-state index contributed by atoms with van der Waals surface area (Å²) in [6, 6.07) is 2.29. The first-order valence-corrected chi connectivity index (χ1v) is 5.54. The smallest absolute Gasteiger partial charge is 0.312 e. The van der Waals surface area contributed by atoms with Gasteiger partial charge < -0.3 is 10.4 Å². The number of carboxylic acids is 1. The maximum absolute atomic E-state index is 11.3. The van der Waals surface area contributed by atoms with E-state index in [9.17, 15) is 9.90 Å². The molecule has 0 amide bonds. The number of rotatable bonds is 2. The molecule has 1 saturated carbocycles. The van der Waals surface area contributed by atoms with Crippen LogP contribution in [0.15, 0.2) is 0 Å². The zero-order valence-electron chi connectivity index (χ0n) is 8.70. The first kappa shape index (κ1) is 10.4. The summed E-state index contributed by atoms with van der Waals surface area (Å²) >= 11 is 0. The van der Waals surface area contributed by atoms with E-state index in [1.54, 1.807) is 0 Å². The highest BCUT2D eigenvalue weighted by atomic mass is 16.4. The van der Waals surface area contributed by atoms with Gasteiger partial charge in [0.25, 0.3) is 0 Å². The minimum absolute atomic E-state index is 0.0509. The van der Waals surface area contributed by atoms with Crippen LogP contribution in [0, 0.1) is 28.6 Å². The predicted molar refractivity (Wildman–Crippen MR) is 54.0 cm³/mol. The van der Waals surface area contributed by atoms with Gasteiger partial charge in [-0.3, -0.25) is 4.79 Å².